The topological polar surface area (TPSA) is 32.7 Å². The smallest absolute Gasteiger partial charge is 0.0961 e. The standard InChI is InChI=1S/C13H27NO2/c1-5-11(4)8-12(15)13-9-14(10(2)3)6-7-16-13/h10-13,15H,5-9H2,1-4H3. The summed E-state index contributed by atoms with van der Waals surface area (Å²) in [5.41, 5.74) is 0. The first kappa shape index (κ1) is 13.9. The Kier molecular flexibility index (Phi) is 5.73. The maximum absolute atomic E-state index is 10.1. The minimum atomic E-state index is -0.309. The van der Waals surface area contributed by atoms with Crippen LogP contribution in [-0.4, -0.2) is 48.0 Å². The van der Waals surface area contributed by atoms with Gasteiger partial charge in [-0.25, -0.2) is 0 Å². The Balaban J connectivity index is 2.40. The molecule has 0 aromatic carbocycles. The third kappa shape index (κ3) is 4.04. The maximum atomic E-state index is 10.1. The highest BCUT2D eigenvalue weighted by Gasteiger charge is 2.28. The zero-order valence-electron chi connectivity index (χ0n) is 11.1. The molecule has 0 aromatic heterocycles. The van der Waals surface area contributed by atoms with Gasteiger partial charge in [0.05, 0.1) is 18.8 Å². The summed E-state index contributed by atoms with van der Waals surface area (Å²) in [4.78, 5) is 2.38. The average molecular weight is 229 g/mol. The highest BCUT2D eigenvalue weighted by atomic mass is 16.5. The lowest BCUT2D eigenvalue weighted by molar-refractivity contribution is -0.0995. The van der Waals surface area contributed by atoms with Crippen LogP contribution in [0.1, 0.15) is 40.5 Å². The monoisotopic (exact) mass is 229 g/mol. The summed E-state index contributed by atoms with van der Waals surface area (Å²) in [6.07, 6.45) is 1.67. The lowest BCUT2D eigenvalue weighted by Crippen LogP contribution is -2.50. The first-order valence-electron chi connectivity index (χ1n) is 6.58. The normalized spacial score (nSPS) is 27.0. The summed E-state index contributed by atoms with van der Waals surface area (Å²) in [5.74, 6) is 0.577. The second-order valence-electron chi connectivity index (χ2n) is 5.31. The molecule has 1 aliphatic rings. The molecule has 3 heteroatoms. The Hall–Kier alpha value is -0.120. The number of hydrogen-bond acceptors (Lipinski definition) is 3. The fourth-order valence-electron chi connectivity index (χ4n) is 2.13. The van der Waals surface area contributed by atoms with E-state index in [1.807, 2.05) is 0 Å². The zero-order valence-corrected chi connectivity index (χ0v) is 11.1. The van der Waals surface area contributed by atoms with E-state index in [2.05, 4.69) is 32.6 Å². The molecular formula is C13H27NO2. The second-order valence-corrected chi connectivity index (χ2v) is 5.31. The van der Waals surface area contributed by atoms with Crippen molar-refractivity contribution in [3.05, 3.63) is 0 Å². The van der Waals surface area contributed by atoms with Gasteiger partial charge in [-0.05, 0) is 26.2 Å². The van der Waals surface area contributed by atoms with E-state index in [0.717, 1.165) is 32.5 Å². The van der Waals surface area contributed by atoms with E-state index in [1.165, 1.54) is 0 Å². The average Bonchev–Trinajstić information content (AvgIpc) is 2.28. The van der Waals surface area contributed by atoms with E-state index >= 15 is 0 Å². The molecule has 0 spiro atoms. The molecule has 1 saturated heterocycles. The molecule has 0 saturated carbocycles. The maximum Gasteiger partial charge on any atom is 0.0961 e. The number of aliphatic hydroxyl groups excluding tert-OH is 1. The summed E-state index contributed by atoms with van der Waals surface area (Å²) in [7, 11) is 0. The highest BCUT2D eigenvalue weighted by molar-refractivity contribution is 4.80. The van der Waals surface area contributed by atoms with Crippen LogP contribution in [0.3, 0.4) is 0 Å². The van der Waals surface area contributed by atoms with Crippen LogP contribution in [0.15, 0.2) is 0 Å². The van der Waals surface area contributed by atoms with Crippen LogP contribution in [0.2, 0.25) is 0 Å². The van der Waals surface area contributed by atoms with Crippen molar-refractivity contribution < 1.29 is 9.84 Å². The van der Waals surface area contributed by atoms with Gasteiger partial charge in [-0.2, -0.15) is 0 Å². The van der Waals surface area contributed by atoms with Crippen molar-refractivity contribution >= 4 is 0 Å². The summed E-state index contributed by atoms with van der Waals surface area (Å²) >= 11 is 0. The molecule has 96 valence electrons. The molecular weight excluding hydrogens is 202 g/mol. The summed E-state index contributed by atoms with van der Waals surface area (Å²) < 4.78 is 5.67. The van der Waals surface area contributed by atoms with E-state index in [4.69, 9.17) is 4.74 Å². The third-order valence-electron chi connectivity index (χ3n) is 3.63. The first-order valence-corrected chi connectivity index (χ1v) is 6.58. The molecule has 1 fully saturated rings. The van der Waals surface area contributed by atoms with Crippen LogP contribution in [0.25, 0.3) is 0 Å². The molecule has 0 radical (unpaired) electrons. The van der Waals surface area contributed by atoms with E-state index in [9.17, 15) is 5.11 Å². The number of ether oxygens (including phenoxy) is 1. The molecule has 0 bridgehead atoms. The van der Waals surface area contributed by atoms with Gasteiger partial charge < -0.3 is 9.84 Å². The lowest BCUT2D eigenvalue weighted by atomic mass is 9.97. The van der Waals surface area contributed by atoms with Gasteiger partial charge in [-0.15, -0.1) is 0 Å². The minimum Gasteiger partial charge on any atom is -0.390 e. The quantitative estimate of drug-likeness (QED) is 0.781. The van der Waals surface area contributed by atoms with E-state index in [1.54, 1.807) is 0 Å². The number of nitrogens with zero attached hydrogens (tertiary/aromatic N) is 1. The van der Waals surface area contributed by atoms with Crippen LogP contribution >= 0.6 is 0 Å². The van der Waals surface area contributed by atoms with Gasteiger partial charge in [0.2, 0.25) is 0 Å². The largest absolute Gasteiger partial charge is 0.390 e. The molecule has 1 N–H and O–H groups in total. The predicted octanol–water partition coefficient (Wildman–Crippen LogP) is 1.89. The van der Waals surface area contributed by atoms with Crippen molar-refractivity contribution in [1.82, 2.24) is 4.90 Å². The highest BCUT2D eigenvalue weighted by Crippen LogP contribution is 2.18. The molecule has 3 unspecified atom stereocenters. The van der Waals surface area contributed by atoms with Crippen molar-refractivity contribution in [2.75, 3.05) is 19.7 Å². The van der Waals surface area contributed by atoms with Gasteiger partial charge in [0.15, 0.2) is 0 Å². The van der Waals surface area contributed by atoms with Crippen LogP contribution in [0, 0.1) is 5.92 Å². The Morgan fingerprint density at radius 1 is 1.38 bits per heavy atom. The number of hydrogen-bond donors (Lipinski definition) is 1. The number of aliphatic hydroxyl groups is 1. The molecule has 3 atom stereocenters. The van der Waals surface area contributed by atoms with Gasteiger partial charge in [0, 0.05) is 19.1 Å². The second kappa shape index (κ2) is 6.58. The van der Waals surface area contributed by atoms with Gasteiger partial charge in [0.1, 0.15) is 0 Å². The van der Waals surface area contributed by atoms with Crippen molar-refractivity contribution in [2.45, 2.75) is 58.8 Å². The van der Waals surface area contributed by atoms with E-state index < -0.39 is 0 Å². The molecule has 0 aliphatic carbocycles. The Labute approximate surface area is 99.8 Å². The van der Waals surface area contributed by atoms with Gasteiger partial charge in [0.25, 0.3) is 0 Å². The fourth-order valence-corrected chi connectivity index (χ4v) is 2.13. The van der Waals surface area contributed by atoms with E-state index in [0.29, 0.717) is 12.0 Å². The summed E-state index contributed by atoms with van der Waals surface area (Å²) in [6, 6.07) is 0.544. The van der Waals surface area contributed by atoms with Gasteiger partial charge in [-0.1, -0.05) is 20.3 Å². The Morgan fingerprint density at radius 2 is 2.06 bits per heavy atom. The van der Waals surface area contributed by atoms with Crippen molar-refractivity contribution in [3.8, 4) is 0 Å². The zero-order chi connectivity index (χ0) is 12.1. The predicted molar refractivity (Wildman–Crippen MR) is 66.5 cm³/mol. The molecule has 3 nitrogen and oxygen atoms in total. The van der Waals surface area contributed by atoms with Crippen LogP contribution < -0.4 is 0 Å². The first-order chi connectivity index (χ1) is 7.54. The van der Waals surface area contributed by atoms with Crippen molar-refractivity contribution in [2.24, 2.45) is 5.92 Å². The molecule has 1 rings (SSSR count). The number of rotatable bonds is 5. The van der Waals surface area contributed by atoms with Crippen molar-refractivity contribution in [1.29, 1.82) is 0 Å². The summed E-state index contributed by atoms with van der Waals surface area (Å²) in [5, 5.41) is 10.1. The number of morpholine rings is 1. The van der Waals surface area contributed by atoms with Gasteiger partial charge in [-0.3, -0.25) is 4.90 Å². The van der Waals surface area contributed by atoms with E-state index in [-0.39, 0.29) is 12.2 Å². The molecule has 1 heterocycles. The molecule has 0 amide bonds. The fraction of sp³-hybridized carbons (Fsp3) is 1.00. The molecule has 0 aromatic rings. The van der Waals surface area contributed by atoms with Crippen LogP contribution in [0.5, 0.6) is 0 Å². The lowest BCUT2D eigenvalue weighted by Gasteiger charge is -2.37. The van der Waals surface area contributed by atoms with Crippen LogP contribution in [0.4, 0.5) is 0 Å². The van der Waals surface area contributed by atoms with Crippen LogP contribution in [-0.2, 0) is 4.74 Å². The molecule has 1 aliphatic heterocycles. The minimum absolute atomic E-state index is 0.00477. The Bertz CT molecular complexity index is 196. The summed E-state index contributed by atoms with van der Waals surface area (Å²) in [6.45, 7) is 11.4. The Morgan fingerprint density at radius 3 is 2.62 bits per heavy atom. The van der Waals surface area contributed by atoms with Crippen molar-refractivity contribution in [3.63, 3.8) is 0 Å². The third-order valence-corrected chi connectivity index (χ3v) is 3.63. The van der Waals surface area contributed by atoms with Gasteiger partial charge >= 0.3 is 0 Å². The molecule has 16 heavy (non-hydrogen) atoms. The SMILES string of the molecule is CCC(C)CC(O)C1CN(C(C)C)CCO1.